The maximum Gasteiger partial charge on any atom is 0.271 e. The number of nitrogens with zero attached hydrogens (tertiary/aromatic N) is 3. The van der Waals surface area contributed by atoms with Crippen LogP contribution in [0.1, 0.15) is 12.0 Å². The fourth-order valence-corrected chi connectivity index (χ4v) is 2.94. The van der Waals surface area contributed by atoms with Gasteiger partial charge in [0.2, 0.25) is 5.91 Å². The molecule has 1 heterocycles. The lowest BCUT2D eigenvalue weighted by atomic mass is 10.1. The van der Waals surface area contributed by atoms with E-state index in [2.05, 4.69) is 26.2 Å². The summed E-state index contributed by atoms with van der Waals surface area (Å²) in [5.41, 5.74) is 1.33. The van der Waals surface area contributed by atoms with Crippen molar-refractivity contribution >= 4 is 44.1 Å². The lowest BCUT2D eigenvalue weighted by molar-refractivity contribution is -0.384. The van der Waals surface area contributed by atoms with Gasteiger partial charge in [0.15, 0.2) is 0 Å². The number of halogens is 1. The van der Waals surface area contributed by atoms with Crippen LogP contribution < -0.4 is 10.9 Å². The van der Waals surface area contributed by atoms with E-state index in [0.717, 1.165) is 4.47 Å². The second-order valence-electron chi connectivity index (χ2n) is 5.96. The molecule has 0 aliphatic rings. The largest absolute Gasteiger partial charge is 0.326 e. The number of hydrogen-bond acceptors (Lipinski definition) is 5. The summed E-state index contributed by atoms with van der Waals surface area (Å²) >= 11 is 3.33. The van der Waals surface area contributed by atoms with Gasteiger partial charge < -0.3 is 5.32 Å². The highest BCUT2D eigenvalue weighted by Crippen LogP contribution is 2.22. The standard InChI is InChI=1S/C18H15BrN4O4/c1-11-2-4-13(23(26)27)9-16(11)21-17(24)6-7-22-10-20-15-5-3-12(19)8-14(15)18(22)25/h2-5,8-10H,6-7H2,1H3,(H,21,24). The van der Waals surface area contributed by atoms with E-state index in [1.165, 1.54) is 23.0 Å². The summed E-state index contributed by atoms with van der Waals surface area (Å²) in [6, 6.07) is 9.49. The monoisotopic (exact) mass is 430 g/mol. The summed E-state index contributed by atoms with van der Waals surface area (Å²) in [6.07, 6.45) is 1.44. The highest BCUT2D eigenvalue weighted by Gasteiger charge is 2.12. The van der Waals surface area contributed by atoms with Gasteiger partial charge in [0, 0.05) is 29.6 Å². The van der Waals surface area contributed by atoms with Gasteiger partial charge >= 0.3 is 0 Å². The predicted octanol–water partition coefficient (Wildman–Crippen LogP) is 3.40. The number of non-ortho nitro benzene ring substituents is 1. The number of amides is 1. The molecular formula is C18H15BrN4O4. The minimum atomic E-state index is -0.520. The second kappa shape index (κ2) is 7.67. The molecule has 0 aliphatic heterocycles. The maximum atomic E-state index is 12.5. The third-order valence-electron chi connectivity index (χ3n) is 4.07. The van der Waals surface area contributed by atoms with Gasteiger partial charge in [-0.3, -0.25) is 24.3 Å². The SMILES string of the molecule is Cc1ccc([N+](=O)[O-])cc1NC(=O)CCn1cnc2ccc(Br)cc2c1=O. The lowest BCUT2D eigenvalue weighted by Gasteiger charge is -2.09. The summed E-state index contributed by atoms with van der Waals surface area (Å²) in [5.74, 6) is -0.347. The zero-order valence-electron chi connectivity index (χ0n) is 14.3. The highest BCUT2D eigenvalue weighted by atomic mass is 79.9. The van der Waals surface area contributed by atoms with Gasteiger partial charge in [-0.2, -0.15) is 0 Å². The predicted molar refractivity (Wildman–Crippen MR) is 105 cm³/mol. The van der Waals surface area contributed by atoms with E-state index in [0.29, 0.717) is 22.2 Å². The fourth-order valence-electron chi connectivity index (χ4n) is 2.58. The maximum absolute atomic E-state index is 12.5. The van der Waals surface area contributed by atoms with E-state index < -0.39 is 4.92 Å². The van der Waals surface area contributed by atoms with Crippen molar-refractivity contribution in [3.05, 3.63) is 73.2 Å². The van der Waals surface area contributed by atoms with Gasteiger partial charge in [0.1, 0.15) is 0 Å². The van der Waals surface area contributed by atoms with E-state index in [4.69, 9.17) is 0 Å². The molecule has 27 heavy (non-hydrogen) atoms. The number of rotatable bonds is 5. The highest BCUT2D eigenvalue weighted by molar-refractivity contribution is 9.10. The summed E-state index contributed by atoms with van der Waals surface area (Å²) < 4.78 is 2.14. The fraction of sp³-hybridized carbons (Fsp3) is 0.167. The zero-order valence-corrected chi connectivity index (χ0v) is 15.9. The smallest absolute Gasteiger partial charge is 0.271 e. The Hall–Kier alpha value is -3.07. The minimum Gasteiger partial charge on any atom is -0.326 e. The zero-order chi connectivity index (χ0) is 19.6. The molecule has 0 bridgehead atoms. The van der Waals surface area contributed by atoms with Crippen LogP contribution in [0.3, 0.4) is 0 Å². The molecule has 0 fully saturated rings. The van der Waals surface area contributed by atoms with Crippen molar-refractivity contribution in [3.63, 3.8) is 0 Å². The average molecular weight is 431 g/mol. The number of fused-ring (bicyclic) bond motifs is 1. The van der Waals surface area contributed by atoms with Crippen molar-refractivity contribution in [1.82, 2.24) is 9.55 Å². The third kappa shape index (κ3) is 4.20. The molecular weight excluding hydrogens is 416 g/mol. The van der Waals surface area contributed by atoms with Crippen molar-refractivity contribution < 1.29 is 9.72 Å². The molecule has 0 atom stereocenters. The average Bonchev–Trinajstić information content (AvgIpc) is 2.63. The van der Waals surface area contributed by atoms with Crippen molar-refractivity contribution in [1.29, 1.82) is 0 Å². The molecule has 0 unspecified atom stereocenters. The Bertz CT molecular complexity index is 1110. The lowest BCUT2D eigenvalue weighted by Crippen LogP contribution is -2.23. The molecule has 3 rings (SSSR count). The summed E-state index contributed by atoms with van der Waals surface area (Å²) in [7, 11) is 0. The Morgan fingerprint density at radius 2 is 2.07 bits per heavy atom. The first-order valence-corrected chi connectivity index (χ1v) is 8.84. The van der Waals surface area contributed by atoms with Crippen molar-refractivity contribution in [2.45, 2.75) is 19.9 Å². The van der Waals surface area contributed by atoms with Crippen LogP contribution >= 0.6 is 15.9 Å². The molecule has 0 radical (unpaired) electrons. The molecule has 1 N–H and O–H groups in total. The first kappa shape index (κ1) is 18.7. The molecule has 1 amide bonds. The summed E-state index contributed by atoms with van der Waals surface area (Å²) in [4.78, 5) is 39.3. The number of nitro benzene ring substituents is 1. The molecule has 0 spiro atoms. The van der Waals surface area contributed by atoms with Crippen LogP contribution in [0.15, 0.2) is 52.0 Å². The van der Waals surface area contributed by atoms with Crippen LogP contribution in [0.4, 0.5) is 11.4 Å². The van der Waals surface area contributed by atoms with Gasteiger partial charge in [-0.05, 0) is 30.7 Å². The Labute approximate surface area is 162 Å². The molecule has 0 saturated heterocycles. The van der Waals surface area contributed by atoms with Crippen LogP contribution in [0, 0.1) is 17.0 Å². The first-order chi connectivity index (χ1) is 12.8. The van der Waals surface area contributed by atoms with Crippen LogP contribution in [0.25, 0.3) is 10.9 Å². The Morgan fingerprint density at radius 3 is 2.81 bits per heavy atom. The second-order valence-corrected chi connectivity index (χ2v) is 6.87. The molecule has 1 aromatic heterocycles. The number of carbonyl (C=O) groups is 1. The van der Waals surface area contributed by atoms with Crippen LogP contribution in [-0.4, -0.2) is 20.4 Å². The molecule has 138 valence electrons. The van der Waals surface area contributed by atoms with Crippen LogP contribution in [0.2, 0.25) is 0 Å². The summed E-state index contributed by atoms with van der Waals surface area (Å²) in [5, 5.41) is 14.0. The molecule has 9 heteroatoms. The number of benzene rings is 2. The first-order valence-electron chi connectivity index (χ1n) is 8.05. The van der Waals surface area contributed by atoms with Crippen LogP contribution in [0.5, 0.6) is 0 Å². The quantitative estimate of drug-likeness (QED) is 0.492. The number of aryl methyl sites for hydroxylation is 2. The number of anilines is 1. The van der Waals surface area contributed by atoms with E-state index in [9.17, 15) is 19.7 Å². The molecule has 3 aromatic rings. The number of nitro groups is 1. The molecule has 8 nitrogen and oxygen atoms in total. The molecule has 0 saturated carbocycles. The number of hydrogen-bond donors (Lipinski definition) is 1. The molecule has 2 aromatic carbocycles. The number of carbonyl (C=O) groups excluding carboxylic acids is 1. The Morgan fingerprint density at radius 1 is 1.30 bits per heavy atom. The Kier molecular flexibility index (Phi) is 5.31. The number of aromatic nitrogens is 2. The van der Waals surface area contributed by atoms with Crippen molar-refractivity contribution in [2.75, 3.05) is 5.32 Å². The topological polar surface area (TPSA) is 107 Å². The number of nitrogens with one attached hydrogen (secondary N) is 1. The van der Waals surface area contributed by atoms with E-state index in [1.54, 1.807) is 31.2 Å². The summed E-state index contributed by atoms with van der Waals surface area (Å²) in [6.45, 7) is 1.89. The van der Waals surface area contributed by atoms with Gasteiger partial charge in [-0.15, -0.1) is 0 Å². The minimum absolute atomic E-state index is 0.0310. The van der Waals surface area contributed by atoms with E-state index in [1.807, 2.05) is 0 Å². The Balaban J connectivity index is 1.74. The van der Waals surface area contributed by atoms with E-state index in [-0.39, 0.29) is 30.1 Å². The van der Waals surface area contributed by atoms with Crippen molar-refractivity contribution in [2.24, 2.45) is 0 Å². The van der Waals surface area contributed by atoms with Crippen LogP contribution in [-0.2, 0) is 11.3 Å². The van der Waals surface area contributed by atoms with Gasteiger partial charge in [-0.25, -0.2) is 4.98 Å². The van der Waals surface area contributed by atoms with E-state index >= 15 is 0 Å². The van der Waals surface area contributed by atoms with Crippen molar-refractivity contribution in [3.8, 4) is 0 Å². The van der Waals surface area contributed by atoms with Gasteiger partial charge in [0.05, 0.1) is 27.8 Å². The normalized spacial score (nSPS) is 10.7. The van der Waals surface area contributed by atoms with Gasteiger partial charge in [0.25, 0.3) is 11.2 Å². The molecule has 0 aliphatic carbocycles. The van der Waals surface area contributed by atoms with Gasteiger partial charge in [-0.1, -0.05) is 22.0 Å². The third-order valence-corrected chi connectivity index (χ3v) is 4.57.